The Labute approximate surface area is 239 Å². The molecule has 1 amide bonds. The normalized spacial score (nSPS) is 21.9. The van der Waals surface area contributed by atoms with Gasteiger partial charge in [0.25, 0.3) is 0 Å². The van der Waals surface area contributed by atoms with Gasteiger partial charge in [-0.05, 0) is 96.9 Å². The van der Waals surface area contributed by atoms with E-state index >= 15 is 0 Å². The van der Waals surface area contributed by atoms with Crippen molar-refractivity contribution in [3.05, 3.63) is 58.4 Å². The molecule has 3 aliphatic rings. The molecule has 1 unspecified atom stereocenters. The smallest absolute Gasteiger partial charge is 0.246 e. The Kier molecular flexibility index (Phi) is 8.27. The molecule has 0 aliphatic carbocycles. The van der Waals surface area contributed by atoms with Gasteiger partial charge in [-0.25, -0.2) is 0 Å². The van der Waals surface area contributed by atoms with Gasteiger partial charge in [-0.3, -0.25) is 4.79 Å². The van der Waals surface area contributed by atoms with E-state index in [0.717, 1.165) is 57.8 Å². The maximum absolute atomic E-state index is 12.6. The van der Waals surface area contributed by atoms with Crippen molar-refractivity contribution in [2.45, 2.75) is 43.3 Å². The highest BCUT2D eigenvalue weighted by Crippen LogP contribution is 2.36. The molecule has 3 N–H and O–H groups in total. The first-order valence-electron chi connectivity index (χ1n) is 14.5. The first-order valence-corrected chi connectivity index (χ1v) is 15.5. The molecule has 0 spiro atoms. The van der Waals surface area contributed by atoms with Crippen molar-refractivity contribution < 1.29 is 19.7 Å². The number of amides is 1. The van der Waals surface area contributed by atoms with Crippen LogP contribution in [0.15, 0.2) is 47.3 Å². The Balaban J connectivity index is 1.01. The number of ether oxygens (including phenoxy) is 1. The minimum Gasteiger partial charge on any atom is -0.389 e. The lowest BCUT2D eigenvalue weighted by atomic mass is 9.84. The SMILES string of the molecule is O=C(/C=C/c1ccsc1)N1CCC(O)(C(O)CN2CCC(c3c[nH]c4ccc(N5CCOCC5)cc34)CC2)CC1. The van der Waals surface area contributed by atoms with Crippen LogP contribution in [-0.2, 0) is 9.53 Å². The number of morpholine rings is 1. The third kappa shape index (κ3) is 5.99. The minimum absolute atomic E-state index is 0.0424. The zero-order valence-corrected chi connectivity index (χ0v) is 23.8. The molecule has 9 heteroatoms. The number of thiophene rings is 1. The first kappa shape index (κ1) is 27.5. The van der Waals surface area contributed by atoms with Crippen molar-refractivity contribution in [1.29, 1.82) is 0 Å². The van der Waals surface area contributed by atoms with Gasteiger partial charge in [-0.15, -0.1) is 0 Å². The number of nitrogens with one attached hydrogen (secondary N) is 1. The number of nitrogens with zero attached hydrogens (tertiary/aromatic N) is 3. The Morgan fingerprint density at radius 1 is 1.12 bits per heavy atom. The van der Waals surface area contributed by atoms with Gasteiger partial charge in [0.15, 0.2) is 0 Å². The van der Waals surface area contributed by atoms with Crippen LogP contribution in [-0.4, -0.2) is 102 Å². The standard InChI is InChI=1S/C31H40N4O4S/c36-29(31(38)8-12-35(13-9-31)30(37)4-1-23-7-18-40-22-23)21-33-10-5-24(6-11-33)27-20-32-28-3-2-25(19-26(27)28)34-14-16-39-17-15-34/h1-4,7,18-20,22,24,29,32,36,38H,5-6,8-17,21H2/b4-1+. The second-order valence-corrected chi connectivity index (χ2v) is 12.3. The van der Waals surface area contributed by atoms with E-state index in [4.69, 9.17) is 4.74 Å². The van der Waals surface area contributed by atoms with Gasteiger partial charge in [0.05, 0.1) is 24.9 Å². The molecule has 0 saturated carbocycles. The predicted octanol–water partition coefficient (Wildman–Crippen LogP) is 3.67. The van der Waals surface area contributed by atoms with Gasteiger partial charge in [-0.1, -0.05) is 0 Å². The zero-order chi connectivity index (χ0) is 27.5. The number of likely N-dealkylation sites (tertiary alicyclic amines) is 2. The number of rotatable bonds is 7. The molecular weight excluding hydrogens is 524 g/mol. The molecule has 1 atom stereocenters. The molecule has 8 nitrogen and oxygen atoms in total. The maximum atomic E-state index is 12.6. The lowest BCUT2D eigenvalue weighted by Gasteiger charge is -2.43. The summed E-state index contributed by atoms with van der Waals surface area (Å²) in [6.07, 6.45) is 7.62. The monoisotopic (exact) mass is 564 g/mol. The number of carbonyl (C=O) groups excluding carboxylic acids is 1. The van der Waals surface area contributed by atoms with Gasteiger partial charge in [0.2, 0.25) is 5.91 Å². The number of hydrogen-bond acceptors (Lipinski definition) is 7. The second-order valence-electron chi connectivity index (χ2n) is 11.5. The summed E-state index contributed by atoms with van der Waals surface area (Å²) in [6, 6.07) is 8.69. The van der Waals surface area contributed by atoms with Crippen molar-refractivity contribution in [1.82, 2.24) is 14.8 Å². The van der Waals surface area contributed by atoms with E-state index in [9.17, 15) is 15.0 Å². The number of aromatic amines is 1. The number of H-pyrrole nitrogens is 1. The fourth-order valence-electron chi connectivity index (χ4n) is 6.42. The molecule has 3 fully saturated rings. The topological polar surface area (TPSA) is 92.3 Å². The number of aliphatic hydroxyl groups excluding tert-OH is 1. The zero-order valence-electron chi connectivity index (χ0n) is 23.0. The van der Waals surface area contributed by atoms with E-state index in [-0.39, 0.29) is 5.91 Å². The van der Waals surface area contributed by atoms with E-state index in [2.05, 4.69) is 39.2 Å². The van der Waals surface area contributed by atoms with Crippen LogP contribution in [0.3, 0.4) is 0 Å². The molecular formula is C31H40N4O4S. The molecule has 3 aliphatic heterocycles. The number of piperidine rings is 2. The fourth-order valence-corrected chi connectivity index (χ4v) is 7.05. The lowest BCUT2D eigenvalue weighted by molar-refractivity contribution is -0.140. The number of benzene rings is 1. The molecule has 3 saturated heterocycles. The van der Waals surface area contributed by atoms with E-state index in [0.29, 0.717) is 38.4 Å². The van der Waals surface area contributed by atoms with Crippen LogP contribution in [0.4, 0.5) is 5.69 Å². The molecule has 3 aromatic rings. The second kappa shape index (κ2) is 12.0. The van der Waals surface area contributed by atoms with Crippen molar-refractivity contribution in [3.63, 3.8) is 0 Å². The number of aliphatic hydroxyl groups is 2. The number of anilines is 1. The number of hydrogen-bond donors (Lipinski definition) is 3. The summed E-state index contributed by atoms with van der Waals surface area (Å²) < 4.78 is 5.53. The Morgan fingerprint density at radius 2 is 1.90 bits per heavy atom. The van der Waals surface area contributed by atoms with Crippen molar-refractivity contribution >= 4 is 39.9 Å². The van der Waals surface area contributed by atoms with E-state index < -0.39 is 11.7 Å². The van der Waals surface area contributed by atoms with Crippen LogP contribution in [0.2, 0.25) is 0 Å². The van der Waals surface area contributed by atoms with Crippen molar-refractivity contribution in [2.75, 3.05) is 63.9 Å². The van der Waals surface area contributed by atoms with Gasteiger partial charge >= 0.3 is 0 Å². The highest BCUT2D eigenvalue weighted by Gasteiger charge is 2.40. The summed E-state index contributed by atoms with van der Waals surface area (Å²) in [6.45, 7) is 6.58. The molecule has 0 bridgehead atoms. The van der Waals surface area contributed by atoms with Gasteiger partial charge in [0, 0.05) is 61.6 Å². The molecule has 5 heterocycles. The van der Waals surface area contributed by atoms with Crippen LogP contribution in [0, 0.1) is 0 Å². The van der Waals surface area contributed by atoms with Crippen LogP contribution >= 0.6 is 11.3 Å². The summed E-state index contributed by atoms with van der Waals surface area (Å²) in [5.41, 5.74) is 3.69. The molecule has 1 aromatic carbocycles. The highest BCUT2D eigenvalue weighted by atomic mass is 32.1. The third-order valence-electron chi connectivity index (χ3n) is 9.05. The number of β-amino-alcohol motifs (C(OH)–C–C–N with tert-alkyl or cyclic N) is 1. The average molecular weight is 565 g/mol. The van der Waals surface area contributed by atoms with Crippen LogP contribution < -0.4 is 4.90 Å². The highest BCUT2D eigenvalue weighted by molar-refractivity contribution is 7.08. The summed E-state index contributed by atoms with van der Waals surface area (Å²) in [5, 5.41) is 27.6. The molecule has 40 heavy (non-hydrogen) atoms. The summed E-state index contributed by atoms with van der Waals surface area (Å²) in [7, 11) is 0. The van der Waals surface area contributed by atoms with E-state index in [1.165, 1.54) is 22.2 Å². The van der Waals surface area contributed by atoms with Crippen LogP contribution in [0.5, 0.6) is 0 Å². The van der Waals surface area contributed by atoms with Gasteiger partial charge in [0.1, 0.15) is 0 Å². The summed E-state index contributed by atoms with van der Waals surface area (Å²) in [4.78, 5) is 22.5. The Bertz CT molecular complexity index is 1300. The maximum Gasteiger partial charge on any atom is 0.246 e. The van der Waals surface area contributed by atoms with Crippen LogP contribution in [0.1, 0.15) is 42.7 Å². The first-order chi connectivity index (χ1) is 19.5. The molecule has 0 radical (unpaired) electrons. The lowest BCUT2D eigenvalue weighted by Crippen LogP contribution is -2.56. The van der Waals surface area contributed by atoms with Crippen molar-refractivity contribution in [2.24, 2.45) is 0 Å². The molecule has 2 aromatic heterocycles. The minimum atomic E-state index is -1.16. The summed E-state index contributed by atoms with van der Waals surface area (Å²) >= 11 is 1.60. The van der Waals surface area contributed by atoms with E-state index in [1.54, 1.807) is 22.3 Å². The quantitative estimate of drug-likeness (QED) is 0.380. The molecule has 6 rings (SSSR count). The number of fused-ring (bicyclic) bond motifs is 1. The summed E-state index contributed by atoms with van der Waals surface area (Å²) in [5.74, 6) is 0.431. The largest absolute Gasteiger partial charge is 0.389 e. The van der Waals surface area contributed by atoms with Crippen molar-refractivity contribution in [3.8, 4) is 0 Å². The Morgan fingerprint density at radius 3 is 2.62 bits per heavy atom. The van der Waals surface area contributed by atoms with Gasteiger partial charge in [-0.2, -0.15) is 11.3 Å². The number of aromatic nitrogens is 1. The Hall–Kier alpha value is -2.69. The molecule has 214 valence electrons. The fraction of sp³-hybridized carbons (Fsp3) is 0.516. The predicted molar refractivity (Wildman–Crippen MR) is 160 cm³/mol. The number of carbonyl (C=O) groups is 1. The van der Waals surface area contributed by atoms with Gasteiger partial charge < -0.3 is 34.6 Å². The van der Waals surface area contributed by atoms with E-state index in [1.807, 2.05) is 22.9 Å². The van der Waals surface area contributed by atoms with Crippen LogP contribution in [0.25, 0.3) is 17.0 Å². The average Bonchev–Trinajstić information content (AvgIpc) is 3.67. The third-order valence-corrected chi connectivity index (χ3v) is 9.76.